The van der Waals surface area contributed by atoms with Crippen molar-refractivity contribution in [2.45, 2.75) is 64.5 Å². The molecule has 0 heterocycles. The van der Waals surface area contributed by atoms with Crippen LogP contribution in [0, 0.1) is 23.2 Å². The van der Waals surface area contributed by atoms with Crippen LogP contribution in [0.4, 0.5) is 0 Å². The summed E-state index contributed by atoms with van der Waals surface area (Å²) < 4.78 is 10.6. The fourth-order valence-electron chi connectivity index (χ4n) is 6.59. The van der Waals surface area contributed by atoms with Crippen LogP contribution in [0.3, 0.4) is 0 Å². The molecule has 4 fully saturated rings. The minimum atomic E-state index is -0.589. The summed E-state index contributed by atoms with van der Waals surface area (Å²) in [4.78, 5) is 25.3. The van der Waals surface area contributed by atoms with Crippen molar-refractivity contribution in [1.29, 1.82) is 0 Å². The Balaban J connectivity index is 1.36. The minimum Gasteiger partial charge on any atom is -0.493 e. The zero-order valence-electron chi connectivity index (χ0n) is 18.5. The SMILES string of the molecule is COc1ccc(C(C)NC(=O)C(=O)NC(C)C23CC4CC(CC(C4)C2)C3)cc1OC. The lowest BCUT2D eigenvalue weighted by atomic mass is 9.48. The average molecular weight is 415 g/mol. The van der Waals surface area contributed by atoms with Gasteiger partial charge >= 0.3 is 11.8 Å². The predicted molar refractivity (Wildman–Crippen MR) is 114 cm³/mol. The van der Waals surface area contributed by atoms with E-state index < -0.39 is 11.8 Å². The van der Waals surface area contributed by atoms with Crippen LogP contribution >= 0.6 is 0 Å². The van der Waals surface area contributed by atoms with Crippen LogP contribution < -0.4 is 20.1 Å². The topological polar surface area (TPSA) is 76.7 Å². The van der Waals surface area contributed by atoms with E-state index in [-0.39, 0.29) is 17.5 Å². The van der Waals surface area contributed by atoms with Gasteiger partial charge in [-0.2, -0.15) is 0 Å². The van der Waals surface area contributed by atoms with E-state index in [0.29, 0.717) is 11.5 Å². The Hall–Kier alpha value is -2.24. The zero-order chi connectivity index (χ0) is 21.5. The van der Waals surface area contributed by atoms with Crippen LogP contribution in [0.25, 0.3) is 0 Å². The molecule has 4 aliphatic rings. The lowest BCUT2D eigenvalue weighted by Crippen LogP contribution is -2.57. The number of nitrogens with one attached hydrogen (secondary N) is 2. The fraction of sp³-hybridized carbons (Fsp3) is 0.667. The Morgan fingerprint density at radius 1 is 0.900 bits per heavy atom. The highest BCUT2D eigenvalue weighted by molar-refractivity contribution is 6.35. The molecule has 2 unspecified atom stereocenters. The number of benzene rings is 1. The van der Waals surface area contributed by atoms with Crippen molar-refractivity contribution in [1.82, 2.24) is 10.6 Å². The molecule has 5 rings (SSSR count). The minimum absolute atomic E-state index is 0.0283. The van der Waals surface area contributed by atoms with E-state index in [2.05, 4.69) is 17.6 Å². The molecule has 0 spiro atoms. The third-order valence-electron chi connectivity index (χ3n) is 7.81. The van der Waals surface area contributed by atoms with Gasteiger partial charge in [0, 0.05) is 6.04 Å². The quantitative estimate of drug-likeness (QED) is 0.698. The molecule has 1 aromatic rings. The predicted octanol–water partition coefficient (Wildman–Crippen LogP) is 3.60. The molecule has 0 aromatic heterocycles. The van der Waals surface area contributed by atoms with E-state index in [1.165, 1.54) is 38.5 Å². The normalized spacial score (nSPS) is 31.0. The fourth-order valence-corrected chi connectivity index (χ4v) is 6.59. The van der Waals surface area contributed by atoms with Gasteiger partial charge in [0.2, 0.25) is 0 Å². The molecule has 6 nitrogen and oxygen atoms in total. The number of ether oxygens (including phenoxy) is 2. The second-order valence-corrected chi connectivity index (χ2v) is 9.78. The molecule has 164 valence electrons. The lowest BCUT2D eigenvalue weighted by molar-refractivity contribution is -0.142. The van der Waals surface area contributed by atoms with Crippen LogP contribution in [0.1, 0.15) is 64.0 Å². The van der Waals surface area contributed by atoms with Crippen LogP contribution in [0.15, 0.2) is 18.2 Å². The Morgan fingerprint density at radius 3 is 1.97 bits per heavy atom. The molecule has 2 N–H and O–H groups in total. The maximum absolute atomic E-state index is 12.7. The first-order chi connectivity index (χ1) is 14.3. The number of carbonyl (C=O) groups excluding carboxylic acids is 2. The summed E-state index contributed by atoms with van der Waals surface area (Å²) in [5.74, 6) is 2.54. The van der Waals surface area contributed by atoms with Crippen LogP contribution in [-0.2, 0) is 9.59 Å². The van der Waals surface area contributed by atoms with Crippen molar-refractivity contribution in [3.63, 3.8) is 0 Å². The summed E-state index contributed by atoms with van der Waals surface area (Å²) in [7, 11) is 3.15. The van der Waals surface area contributed by atoms with Gasteiger partial charge < -0.3 is 20.1 Å². The highest BCUT2D eigenvalue weighted by Crippen LogP contribution is 2.61. The Bertz CT molecular complexity index is 786. The molecule has 4 saturated carbocycles. The van der Waals surface area contributed by atoms with Gasteiger partial charge in [0.05, 0.1) is 20.3 Å². The van der Waals surface area contributed by atoms with Gasteiger partial charge in [0.25, 0.3) is 0 Å². The summed E-state index contributed by atoms with van der Waals surface area (Å²) in [6, 6.07) is 5.19. The third-order valence-corrected chi connectivity index (χ3v) is 7.81. The van der Waals surface area contributed by atoms with Crippen LogP contribution in [0.2, 0.25) is 0 Å². The van der Waals surface area contributed by atoms with Crippen molar-refractivity contribution >= 4 is 11.8 Å². The molecule has 6 heteroatoms. The average Bonchev–Trinajstić information content (AvgIpc) is 2.72. The first kappa shape index (κ1) is 21.0. The third kappa shape index (κ3) is 3.88. The largest absolute Gasteiger partial charge is 0.493 e. The molecular weight excluding hydrogens is 380 g/mol. The highest BCUT2D eigenvalue weighted by Gasteiger charge is 2.53. The molecule has 2 amide bonds. The molecule has 30 heavy (non-hydrogen) atoms. The summed E-state index contributed by atoms with van der Waals surface area (Å²) in [5.41, 5.74) is 1.03. The Labute approximate surface area is 179 Å². The van der Waals surface area contributed by atoms with E-state index in [9.17, 15) is 9.59 Å². The molecule has 0 aliphatic heterocycles. The zero-order valence-corrected chi connectivity index (χ0v) is 18.5. The summed E-state index contributed by atoms with van der Waals surface area (Å²) in [5, 5.41) is 5.86. The van der Waals surface area contributed by atoms with Crippen molar-refractivity contribution in [3.8, 4) is 11.5 Å². The summed E-state index contributed by atoms with van der Waals surface area (Å²) in [6.45, 7) is 3.95. The maximum Gasteiger partial charge on any atom is 0.309 e. The van der Waals surface area contributed by atoms with Gasteiger partial charge in [-0.3, -0.25) is 9.59 Å². The molecule has 4 aliphatic carbocycles. The van der Waals surface area contributed by atoms with Gasteiger partial charge in [-0.15, -0.1) is 0 Å². The smallest absolute Gasteiger partial charge is 0.309 e. The number of amides is 2. The number of methoxy groups -OCH3 is 2. The van der Waals surface area contributed by atoms with Crippen molar-refractivity contribution in [3.05, 3.63) is 23.8 Å². The van der Waals surface area contributed by atoms with E-state index in [4.69, 9.17) is 9.47 Å². The number of hydrogen-bond donors (Lipinski definition) is 2. The first-order valence-electron chi connectivity index (χ1n) is 11.2. The monoisotopic (exact) mass is 414 g/mol. The standard InChI is InChI=1S/C24H34N2O4/c1-14(19-5-6-20(29-3)21(10-19)30-4)25-22(27)23(28)26-15(2)24-11-16-7-17(12-24)9-18(8-16)13-24/h5-6,10,14-18H,7-9,11-13H2,1-4H3,(H,25,27)(H,26,28). The van der Waals surface area contributed by atoms with Gasteiger partial charge in [0.15, 0.2) is 11.5 Å². The lowest BCUT2D eigenvalue weighted by Gasteiger charge is -2.59. The number of carbonyl (C=O) groups is 2. The van der Waals surface area contributed by atoms with Gasteiger partial charge in [-0.25, -0.2) is 0 Å². The molecule has 2 atom stereocenters. The second-order valence-electron chi connectivity index (χ2n) is 9.78. The van der Waals surface area contributed by atoms with Crippen LogP contribution in [0.5, 0.6) is 11.5 Å². The summed E-state index contributed by atoms with van der Waals surface area (Å²) in [6.07, 6.45) is 7.69. The molecule has 4 bridgehead atoms. The van der Waals surface area contributed by atoms with Crippen molar-refractivity contribution in [2.24, 2.45) is 23.2 Å². The Kier molecular flexibility index (Phi) is 5.69. The second kappa shape index (κ2) is 8.12. The summed E-state index contributed by atoms with van der Waals surface area (Å²) >= 11 is 0. The van der Waals surface area contributed by atoms with Crippen molar-refractivity contribution < 1.29 is 19.1 Å². The van der Waals surface area contributed by atoms with Crippen molar-refractivity contribution in [2.75, 3.05) is 14.2 Å². The Morgan fingerprint density at radius 2 is 1.43 bits per heavy atom. The van der Waals surface area contributed by atoms with E-state index >= 15 is 0 Å². The first-order valence-corrected chi connectivity index (χ1v) is 11.2. The van der Waals surface area contributed by atoms with Gasteiger partial charge in [-0.05, 0) is 93.2 Å². The van der Waals surface area contributed by atoms with E-state index in [1.807, 2.05) is 19.1 Å². The maximum atomic E-state index is 12.7. The highest BCUT2D eigenvalue weighted by atomic mass is 16.5. The molecular formula is C24H34N2O4. The van der Waals surface area contributed by atoms with Gasteiger partial charge in [-0.1, -0.05) is 6.07 Å². The molecule has 0 saturated heterocycles. The van der Waals surface area contributed by atoms with E-state index in [1.54, 1.807) is 20.3 Å². The number of rotatable bonds is 6. The number of hydrogen-bond acceptors (Lipinski definition) is 4. The van der Waals surface area contributed by atoms with Gasteiger partial charge in [0.1, 0.15) is 0 Å². The molecule has 1 aromatic carbocycles. The van der Waals surface area contributed by atoms with Crippen LogP contribution in [-0.4, -0.2) is 32.1 Å². The molecule has 0 radical (unpaired) electrons. The van der Waals surface area contributed by atoms with E-state index in [0.717, 1.165) is 23.3 Å².